The van der Waals surface area contributed by atoms with Gasteiger partial charge in [0.2, 0.25) is 11.7 Å². The summed E-state index contributed by atoms with van der Waals surface area (Å²) in [5.74, 6) is -1.35. The summed E-state index contributed by atoms with van der Waals surface area (Å²) in [6.07, 6.45) is 8.91. The monoisotopic (exact) mass is 498 g/mol. The van der Waals surface area contributed by atoms with E-state index in [0.29, 0.717) is 32.4 Å². The molecule has 2 unspecified atom stereocenters. The zero-order valence-corrected chi connectivity index (χ0v) is 21.7. The Morgan fingerprint density at radius 1 is 1.03 bits per heavy atom. The number of hydrogen-bond acceptors (Lipinski definition) is 6. The maximum atomic E-state index is 13.4. The first-order chi connectivity index (χ1) is 17.3. The molecule has 2 fully saturated rings. The average molecular weight is 499 g/mol. The molecule has 1 saturated carbocycles. The Morgan fingerprint density at radius 2 is 1.75 bits per heavy atom. The molecule has 36 heavy (non-hydrogen) atoms. The van der Waals surface area contributed by atoms with Crippen LogP contribution in [0.2, 0.25) is 0 Å². The van der Waals surface area contributed by atoms with E-state index in [4.69, 9.17) is 10.5 Å². The first kappa shape index (κ1) is 28.0. The molecule has 3 rings (SSSR count). The third-order valence-electron chi connectivity index (χ3n) is 7.79. The first-order valence-electron chi connectivity index (χ1n) is 13.6. The number of rotatable bonds is 11. The molecule has 0 aromatic heterocycles. The second-order valence-electron chi connectivity index (χ2n) is 10.7. The van der Waals surface area contributed by atoms with Crippen LogP contribution in [0.15, 0.2) is 30.3 Å². The van der Waals surface area contributed by atoms with Gasteiger partial charge >= 0.3 is 5.97 Å². The topological polar surface area (TPSA) is 107 Å². The molecule has 2 aliphatic rings. The fraction of sp³-hybridized carbons (Fsp3) is 0.655. The molecule has 1 aliphatic carbocycles. The van der Waals surface area contributed by atoms with Crippen LogP contribution in [0, 0.1) is 11.3 Å². The minimum Gasteiger partial charge on any atom is -0.465 e. The molecule has 198 valence electrons. The van der Waals surface area contributed by atoms with Gasteiger partial charge in [-0.2, -0.15) is 0 Å². The van der Waals surface area contributed by atoms with E-state index >= 15 is 0 Å². The van der Waals surface area contributed by atoms with E-state index in [0.717, 1.165) is 51.4 Å². The minimum absolute atomic E-state index is 0.0154. The van der Waals surface area contributed by atoms with Crippen molar-refractivity contribution in [3.63, 3.8) is 0 Å². The van der Waals surface area contributed by atoms with Gasteiger partial charge in [0.05, 0.1) is 11.5 Å². The van der Waals surface area contributed by atoms with Gasteiger partial charge in [0.1, 0.15) is 6.61 Å². The summed E-state index contributed by atoms with van der Waals surface area (Å²) in [6.45, 7) is 2.37. The van der Waals surface area contributed by atoms with Gasteiger partial charge in [-0.1, -0.05) is 56.0 Å². The van der Waals surface area contributed by atoms with Gasteiger partial charge in [0, 0.05) is 26.4 Å². The number of nitrogens with zero attached hydrogens (tertiary/aromatic N) is 1. The lowest BCUT2D eigenvalue weighted by molar-refractivity contribution is -0.154. The molecule has 2 N–H and O–H groups in total. The maximum absolute atomic E-state index is 13.4. The highest BCUT2D eigenvalue weighted by Gasteiger charge is 2.44. The Hall–Kier alpha value is -2.54. The SMILES string of the molecule is CC(=O)OCC1(C(=O)C(=O)CC2CCCC(N)C(=O)N(CCCCc3ccccc3)C2)CCCCC1. The predicted octanol–water partition coefficient (Wildman–Crippen LogP) is 4.01. The molecular weight excluding hydrogens is 456 g/mol. The molecule has 1 aromatic carbocycles. The standard InChI is InChI=1S/C29H42N2O5/c1-22(32)36-21-29(16-7-3-8-17-29)27(34)26(33)19-24-14-10-15-25(30)28(35)31(20-24)18-9-6-13-23-11-4-2-5-12-23/h2,4-5,11-12,24-25H,3,6-10,13-21,30H2,1H3. The van der Waals surface area contributed by atoms with E-state index in [2.05, 4.69) is 12.1 Å². The van der Waals surface area contributed by atoms with Crippen LogP contribution < -0.4 is 5.73 Å². The van der Waals surface area contributed by atoms with Crippen molar-refractivity contribution < 1.29 is 23.9 Å². The lowest BCUT2D eigenvalue weighted by atomic mass is 9.69. The highest BCUT2D eigenvalue weighted by atomic mass is 16.5. The second kappa shape index (κ2) is 13.7. The van der Waals surface area contributed by atoms with Crippen LogP contribution in [0.5, 0.6) is 0 Å². The Morgan fingerprint density at radius 3 is 2.44 bits per heavy atom. The van der Waals surface area contributed by atoms with Gasteiger partial charge in [-0.3, -0.25) is 19.2 Å². The number of unbranched alkanes of at least 4 members (excludes halogenated alkanes) is 1. The van der Waals surface area contributed by atoms with Gasteiger partial charge < -0.3 is 15.4 Å². The molecular formula is C29H42N2O5. The quantitative estimate of drug-likeness (QED) is 0.281. The second-order valence-corrected chi connectivity index (χ2v) is 10.7. The van der Waals surface area contributed by atoms with Crippen molar-refractivity contribution in [3.05, 3.63) is 35.9 Å². The highest BCUT2D eigenvalue weighted by molar-refractivity contribution is 6.39. The Labute approximate surface area is 215 Å². The lowest BCUT2D eigenvalue weighted by Crippen LogP contribution is -2.48. The molecule has 0 radical (unpaired) electrons. The van der Waals surface area contributed by atoms with Gasteiger partial charge in [-0.05, 0) is 56.4 Å². The van der Waals surface area contributed by atoms with Crippen molar-refractivity contribution in [2.45, 2.75) is 90.0 Å². The minimum atomic E-state index is -0.891. The maximum Gasteiger partial charge on any atom is 0.302 e. The number of amides is 1. The van der Waals surface area contributed by atoms with E-state index in [1.54, 1.807) is 0 Å². The molecule has 1 aliphatic heterocycles. The normalized spacial score (nSPS) is 22.4. The number of likely N-dealkylation sites (tertiary alicyclic amines) is 1. The molecule has 1 amide bonds. The van der Waals surface area contributed by atoms with Crippen molar-refractivity contribution in [1.82, 2.24) is 4.90 Å². The number of benzene rings is 1. The van der Waals surface area contributed by atoms with Crippen LogP contribution in [0.1, 0.15) is 83.1 Å². The predicted molar refractivity (Wildman–Crippen MR) is 138 cm³/mol. The van der Waals surface area contributed by atoms with Crippen molar-refractivity contribution in [2.24, 2.45) is 17.1 Å². The Balaban J connectivity index is 1.60. The smallest absolute Gasteiger partial charge is 0.302 e. The highest BCUT2D eigenvalue weighted by Crippen LogP contribution is 2.38. The van der Waals surface area contributed by atoms with Crippen molar-refractivity contribution in [2.75, 3.05) is 19.7 Å². The fourth-order valence-electron chi connectivity index (χ4n) is 5.68. The number of Topliss-reactive ketones (excluding diaryl/α,β-unsaturated/α-hetero) is 2. The van der Waals surface area contributed by atoms with Crippen LogP contribution in [0.25, 0.3) is 0 Å². The zero-order valence-electron chi connectivity index (χ0n) is 21.7. The van der Waals surface area contributed by atoms with Crippen LogP contribution in [0.4, 0.5) is 0 Å². The summed E-state index contributed by atoms with van der Waals surface area (Å²) in [6, 6.07) is 9.77. The van der Waals surface area contributed by atoms with E-state index < -0.39 is 29.0 Å². The summed E-state index contributed by atoms with van der Waals surface area (Å²) in [4.78, 5) is 52.8. The molecule has 7 heteroatoms. The summed E-state index contributed by atoms with van der Waals surface area (Å²) in [5, 5.41) is 0. The first-order valence-corrected chi connectivity index (χ1v) is 13.6. The molecule has 1 saturated heterocycles. The van der Waals surface area contributed by atoms with Crippen molar-refractivity contribution in [3.8, 4) is 0 Å². The van der Waals surface area contributed by atoms with Crippen molar-refractivity contribution in [1.29, 1.82) is 0 Å². The zero-order chi connectivity index (χ0) is 26.0. The number of aryl methyl sites for hydroxylation is 1. The summed E-state index contributed by atoms with van der Waals surface area (Å²) in [5.41, 5.74) is 6.53. The number of ether oxygens (including phenoxy) is 1. The van der Waals surface area contributed by atoms with E-state index in [-0.39, 0.29) is 24.9 Å². The number of ketones is 2. The van der Waals surface area contributed by atoms with Crippen molar-refractivity contribution >= 4 is 23.4 Å². The third kappa shape index (κ3) is 7.99. The Bertz CT molecular complexity index is 894. The van der Waals surface area contributed by atoms with Crippen LogP contribution >= 0.6 is 0 Å². The summed E-state index contributed by atoms with van der Waals surface area (Å²) >= 11 is 0. The van der Waals surface area contributed by atoms with E-state index in [9.17, 15) is 19.2 Å². The fourth-order valence-corrected chi connectivity index (χ4v) is 5.68. The van der Waals surface area contributed by atoms with E-state index in [1.165, 1.54) is 12.5 Å². The van der Waals surface area contributed by atoms with Crippen LogP contribution in [0.3, 0.4) is 0 Å². The molecule has 1 heterocycles. The van der Waals surface area contributed by atoms with Gasteiger partial charge in [0.25, 0.3) is 0 Å². The molecule has 0 bridgehead atoms. The third-order valence-corrected chi connectivity index (χ3v) is 7.79. The molecule has 0 spiro atoms. The summed E-state index contributed by atoms with van der Waals surface area (Å²) < 4.78 is 5.23. The summed E-state index contributed by atoms with van der Waals surface area (Å²) in [7, 11) is 0. The van der Waals surface area contributed by atoms with Crippen LogP contribution in [-0.2, 0) is 30.3 Å². The number of nitrogens with two attached hydrogens (primary N) is 1. The lowest BCUT2D eigenvalue weighted by Gasteiger charge is -2.35. The van der Waals surface area contributed by atoms with Crippen LogP contribution in [-0.4, -0.2) is 54.1 Å². The number of hydrogen-bond donors (Lipinski definition) is 1. The van der Waals surface area contributed by atoms with Gasteiger partial charge in [-0.15, -0.1) is 0 Å². The van der Waals surface area contributed by atoms with Gasteiger partial charge in [0.15, 0.2) is 5.78 Å². The number of esters is 1. The average Bonchev–Trinajstić information content (AvgIpc) is 2.88. The largest absolute Gasteiger partial charge is 0.465 e. The number of carbonyl (C=O) groups excluding carboxylic acids is 4. The molecule has 7 nitrogen and oxygen atoms in total. The molecule has 2 atom stereocenters. The number of carbonyl (C=O) groups is 4. The van der Waals surface area contributed by atoms with Gasteiger partial charge in [-0.25, -0.2) is 0 Å². The van der Waals surface area contributed by atoms with E-state index in [1.807, 2.05) is 23.1 Å². The Kier molecular flexibility index (Phi) is 10.7. The molecule has 1 aromatic rings.